The average molecular weight is 362 g/mol. The van der Waals surface area contributed by atoms with Crippen LogP contribution < -0.4 is 0 Å². The van der Waals surface area contributed by atoms with Gasteiger partial charge in [-0.05, 0) is 37.1 Å². The molecule has 0 bridgehead atoms. The van der Waals surface area contributed by atoms with E-state index in [1.807, 2.05) is 36.4 Å². The molecule has 2 aromatic carbocycles. The van der Waals surface area contributed by atoms with Crippen LogP contribution >= 0.6 is 12.4 Å². The summed E-state index contributed by atoms with van der Waals surface area (Å²) in [7, 11) is 0. The van der Waals surface area contributed by atoms with Crippen LogP contribution in [0.4, 0.5) is 0 Å². The normalized spacial score (nSPS) is 13.3. The molecular formula is C22H32ClNO. The smallest absolute Gasteiger partial charge is 0.0986 e. The van der Waals surface area contributed by atoms with Gasteiger partial charge in [-0.25, -0.2) is 0 Å². The Morgan fingerprint density at radius 2 is 1.20 bits per heavy atom. The largest absolute Gasteiger partial charge is 0.386 e. The van der Waals surface area contributed by atoms with Gasteiger partial charge in [0.1, 0.15) is 0 Å². The number of hydrogen-bond acceptors (Lipinski definition) is 2. The molecular weight excluding hydrogens is 330 g/mol. The van der Waals surface area contributed by atoms with Crippen molar-refractivity contribution in [2.24, 2.45) is 0 Å². The Kier molecular flexibility index (Phi) is 10.5. The van der Waals surface area contributed by atoms with Crippen molar-refractivity contribution in [3.63, 3.8) is 0 Å². The molecule has 0 aliphatic carbocycles. The zero-order chi connectivity index (χ0) is 17.2. The van der Waals surface area contributed by atoms with E-state index in [0.29, 0.717) is 0 Å². The molecule has 0 heterocycles. The highest BCUT2D eigenvalue weighted by molar-refractivity contribution is 5.85. The maximum atomic E-state index is 11.2. The first-order chi connectivity index (χ1) is 11.8. The van der Waals surface area contributed by atoms with Crippen molar-refractivity contribution < 1.29 is 5.11 Å². The predicted octanol–water partition coefficient (Wildman–Crippen LogP) is 5.79. The number of aliphatic hydroxyl groups is 1. The summed E-state index contributed by atoms with van der Waals surface area (Å²) in [6, 6.07) is 20.5. The van der Waals surface area contributed by atoms with Crippen molar-refractivity contribution in [3.8, 4) is 0 Å². The summed E-state index contributed by atoms with van der Waals surface area (Å²) < 4.78 is 0. The van der Waals surface area contributed by atoms with Gasteiger partial charge in [-0.1, -0.05) is 87.4 Å². The van der Waals surface area contributed by atoms with E-state index in [9.17, 15) is 5.11 Å². The molecule has 0 saturated carbocycles. The van der Waals surface area contributed by atoms with Crippen molar-refractivity contribution >= 4 is 12.4 Å². The third-order valence-corrected chi connectivity index (χ3v) is 4.57. The van der Waals surface area contributed by atoms with Crippen molar-refractivity contribution in [2.75, 3.05) is 13.1 Å². The van der Waals surface area contributed by atoms with Crippen LogP contribution in [0.2, 0.25) is 0 Å². The molecule has 0 radical (unpaired) electrons. The summed E-state index contributed by atoms with van der Waals surface area (Å²) in [5.41, 5.74) is 2.19. The molecule has 25 heavy (non-hydrogen) atoms. The van der Waals surface area contributed by atoms with Crippen LogP contribution in [-0.2, 0) is 0 Å². The minimum Gasteiger partial charge on any atom is -0.386 e. The van der Waals surface area contributed by atoms with E-state index in [1.165, 1.54) is 18.4 Å². The first-order valence-corrected chi connectivity index (χ1v) is 9.30. The fourth-order valence-corrected chi connectivity index (χ4v) is 3.19. The fourth-order valence-electron chi connectivity index (χ4n) is 3.19. The Morgan fingerprint density at radius 1 is 0.760 bits per heavy atom. The number of halogens is 1. The molecule has 2 atom stereocenters. The highest BCUT2D eigenvalue weighted by Crippen LogP contribution is 2.34. The summed E-state index contributed by atoms with van der Waals surface area (Å²) in [6.45, 7) is 6.51. The van der Waals surface area contributed by atoms with Crippen molar-refractivity contribution in [1.29, 1.82) is 0 Å². The van der Waals surface area contributed by atoms with E-state index < -0.39 is 6.10 Å². The van der Waals surface area contributed by atoms with Crippen LogP contribution in [-0.4, -0.2) is 23.1 Å². The molecule has 3 heteroatoms. The quantitative estimate of drug-likeness (QED) is 0.579. The highest BCUT2D eigenvalue weighted by Gasteiger charge is 2.28. The average Bonchev–Trinajstić information content (AvgIpc) is 2.65. The molecule has 0 fully saturated rings. The predicted molar refractivity (Wildman–Crippen MR) is 109 cm³/mol. The molecule has 0 spiro atoms. The molecule has 2 rings (SSSR count). The molecule has 0 aromatic heterocycles. The minimum atomic E-state index is -0.512. The zero-order valence-corrected chi connectivity index (χ0v) is 16.3. The first-order valence-electron chi connectivity index (χ1n) is 9.30. The van der Waals surface area contributed by atoms with Gasteiger partial charge in [0.25, 0.3) is 0 Å². The van der Waals surface area contributed by atoms with Crippen molar-refractivity contribution in [2.45, 2.75) is 51.7 Å². The Balaban J connectivity index is 0.00000312. The van der Waals surface area contributed by atoms with Crippen LogP contribution in [0.25, 0.3) is 0 Å². The Morgan fingerprint density at radius 3 is 1.64 bits per heavy atom. The topological polar surface area (TPSA) is 23.5 Å². The monoisotopic (exact) mass is 361 g/mol. The maximum absolute atomic E-state index is 11.2. The van der Waals surface area contributed by atoms with Gasteiger partial charge in [-0.15, -0.1) is 12.4 Å². The fraction of sp³-hybridized carbons (Fsp3) is 0.455. The van der Waals surface area contributed by atoms with E-state index in [4.69, 9.17) is 0 Å². The van der Waals surface area contributed by atoms with Crippen molar-refractivity contribution in [3.05, 3.63) is 71.8 Å². The second kappa shape index (κ2) is 12.1. The van der Waals surface area contributed by atoms with Crippen LogP contribution in [0.1, 0.15) is 62.8 Å². The molecule has 0 aliphatic heterocycles. The third kappa shape index (κ3) is 6.47. The second-order valence-electron chi connectivity index (χ2n) is 6.45. The number of hydrogen-bond donors (Lipinski definition) is 1. The number of nitrogens with zero attached hydrogens (tertiary/aromatic N) is 1. The molecule has 0 saturated heterocycles. The summed E-state index contributed by atoms with van der Waals surface area (Å²) in [5.74, 6) is 0. The van der Waals surface area contributed by atoms with Gasteiger partial charge < -0.3 is 5.11 Å². The summed E-state index contributed by atoms with van der Waals surface area (Å²) in [4.78, 5) is 2.47. The van der Waals surface area contributed by atoms with Crippen LogP contribution in [0.15, 0.2) is 60.7 Å². The van der Waals surface area contributed by atoms with E-state index in [0.717, 1.165) is 31.5 Å². The van der Waals surface area contributed by atoms with E-state index in [-0.39, 0.29) is 18.4 Å². The third-order valence-electron chi connectivity index (χ3n) is 4.57. The Hall–Kier alpha value is -1.35. The SMILES string of the molecule is CCCCN(CCCC)C(c1ccccc1)C(O)c1ccccc1.Cl. The highest BCUT2D eigenvalue weighted by atomic mass is 35.5. The lowest BCUT2D eigenvalue weighted by Gasteiger charge is -2.35. The molecule has 2 unspecified atom stereocenters. The van der Waals surface area contributed by atoms with E-state index >= 15 is 0 Å². The molecule has 0 amide bonds. The van der Waals surface area contributed by atoms with Crippen LogP contribution in [0.3, 0.4) is 0 Å². The summed E-state index contributed by atoms with van der Waals surface area (Å²) >= 11 is 0. The van der Waals surface area contributed by atoms with Crippen LogP contribution in [0.5, 0.6) is 0 Å². The second-order valence-corrected chi connectivity index (χ2v) is 6.45. The van der Waals surface area contributed by atoms with E-state index in [1.54, 1.807) is 0 Å². The lowest BCUT2D eigenvalue weighted by Crippen LogP contribution is -2.34. The van der Waals surface area contributed by atoms with Gasteiger partial charge in [-0.3, -0.25) is 4.90 Å². The number of benzene rings is 2. The number of rotatable bonds is 10. The lowest BCUT2D eigenvalue weighted by atomic mass is 9.93. The summed E-state index contributed by atoms with van der Waals surface area (Å²) in [6.07, 6.45) is 4.16. The molecule has 1 N–H and O–H groups in total. The van der Waals surface area contributed by atoms with Gasteiger partial charge in [0.15, 0.2) is 0 Å². The maximum Gasteiger partial charge on any atom is 0.0986 e. The standard InChI is InChI=1S/C22H31NO.ClH/c1-3-5-17-23(18-6-4-2)21(19-13-9-7-10-14-19)22(24)20-15-11-8-12-16-20;/h7-16,21-22,24H,3-6,17-18H2,1-2H3;1H. The number of aliphatic hydroxyl groups excluding tert-OH is 1. The first kappa shape index (κ1) is 21.7. The van der Waals surface area contributed by atoms with Gasteiger partial charge >= 0.3 is 0 Å². The van der Waals surface area contributed by atoms with Gasteiger partial charge in [0.2, 0.25) is 0 Å². The number of unbranched alkanes of at least 4 members (excludes halogenated alkanes) is 2. The molecule has 0 aliphatic rings. The van der Waals surface area contributed by atoms with Gasteiger partial charge in [0, 0.05) is 0 Å². The lowest BCUT2D eigenvalue weighted by molar-refractivity contribution is 0.0450. The minimum absolute atomic E-state index is 0. The summed E-state index contributed by atoms with van der Waals surface area (Å²) in [5, 5.41) is 11.2. The zero-order valence-electron chi connectivity index (χ0n) is 15.5. The van der Waals surface area contributed by atoms with Gasteiger partial charge in [-0.2, -0.15) is 0 Å². The van der Waals surface area contributed by atoms with E-state index in [2.05, 4.69) is 43.0 Å². The van der Waals surface area contributed by atoms with Crippen molar-refractivity contribution in [1.82, 2.24) is 4.90 Å². The molecule has 2 nitrogen and oxygen atoms in total. The van der Waals surface area contributed by atoms with Gasteiger partial charge in [0.05, 0.1) is 12.1 Å². The Labute approximate surface area is 159 Å². The molecule has 2 aromatic rings. The van der Waals surface area contributed by atoms with Crippen LogP contribution in [0, 0.1) is 0 Å². The Bertz CT molecular complexity index is 553. The molecule has 138 valence electrons.